The first kappa shape index (κ1) is 17.1. The maximum absolute atomic E-state index is 10.7. The summed E-state index contributed by atoms with van der Waals surface area (Å²) < 4.78 is 34.8. The molecule has 1 N–H and O–H groups in total. The molecule has 0 aromatic heterocycles. The molecule has 0 saturated heterocycles. The van der Waals surface area contributed by atoms with Crippen LogP contribution < -0.4 is 18.9 Å². The number of carbonyl (C=O) groups excluding carboxylic acids is 1. The average Bonchev–Trinajstić information content (AvgIpc) is 1.98. The predicted octanol–water partition coefficient (Wildman–Crippen LogP) is -3.98. The summed E-state index contributed by atoms with van der Waals surface area (Å²) in [5.41, 5.74) is 0. The van der Waals surface area contributed by atoms with Crippen LogP contribution in [0.3, 0.4) is 0 Å². The third-order valence-corrected chi connectivity index (χ3v) is 1.91. The Morgan fingerprint density at radius 1 is 1.60 bits per heavy atom. The fourth-order valence-corrected chi connectivity index (χ4v) is 1.21. The number of ether oxygens (including phenoxy) is 1. The Hall–Kier alpha value is -0.323. The van der Waals surface area contributed by atoms with E-state index in [1.807, 2.05) is 0 Å². The molecule has 0 radical (unpaired) electrons. The number of hydrogen-bond donors (Lipinski definition) is 1. The van der Waals surface area contributed by atoms with Crippen LogP contribution in [0, 0.1) is 0 Å². The Labute approximate surface area is 100 Å². The predicted molar refractivity (Wildman–Crippen MR) is 46.3 cm³/mol. The summed E-state index contributed by atoms with van der Waals surface area (Å²) in [5.74, 6) is -1.66. The fourth-order valence-electron chi connectivity index (χ4n) is 0.646. The van der Waals surface area contributed by atoms with Gasteiger partial charge in [-0.15, -0.1) is 0 Å². The molecule has 82 valence electrons. The van der Waals surface area contributed by atoms with E-state index >= 15 is 0 Å². The van der Waals surface area contributed by atoms with Crippen molar-refractivity contribution in [3.8, 4) is 0 Å². The second kappa shape index (κ2) is 7.90. The van der Waals surface area contributed by atoms with Crippen molar-refractivity contribution in [3.05, 3.63) is 12.2 Å². The van der Waals surface area contributed by atoms with Crippen LogP contribution in [-0.2, 0) is 19.6 Å². The summed E-state index contributed by atoms with van der Waals surface area (Å²) in [7, 11) is -4.49. The fraction of sp³-hybridized carbons (Fsp3) is 0.571. The van der Waals surface area contributed by atoms with Crippen LogP contribution in [0.25, 0.3) is 0 Å². The van der Waals surface area contributed by atoms with E-state index in [0.29, 0.717) is 0 Å². The van der Waals surface area contributed by atoms with Gasteiger partial charge in [0.05, 0.1) is 15.9 Å². The second-order valence-electron chi connectivity index (χ2n) is 2.51. The van der Waals surface area contributed by atoms with E-state index in [2.05, 4.69) is 4.74 Å². The van der Waals surface area contributed by atoms with E-state index in [4.69, 9.17) is 5.11 Å². The molecule has 0 aromatic carbocycles. The van der Waals surface area contributed by atoms with Gasteiger partial charge in [0, 0.05) is 6.08 Å². The van der Waals surface area contributed by atoms with Crippen LogP contribution in [0.5, 0.6) is 0 Å². The maximum Gasteiger partial charge on any atom is 1.00 e. The molecule has 1 unspecified atom stereocenters. The van der Waals surface area contributed by atoms with Crippen molar-refractivity contribution in [2.75, 3.05) is 12.4 Å². The quantitative estimate of drug-likeness (QED) is 0.223. The average molecular weight is 230 g/mol. The van der Waals surface area contributed by atoms with E-state index < -0.39 is 34.6 Å². The number of aliphatic hydroxyl groups excluding tert-OH is 1. The monoisotopic (exact) mass is 230 g/mol. The van der Waals surface area contributed by atoms with Crippen molar-refractivity contribution in [1.29, 1.82) is 0 Å². The molecule has 0 spiro atoms. The van der Waals surface area contributed by atoms with E-state index in [1.165, 1.54) is 6.08 Å². The molecule has 0 heterocycles. The Morgan fingerprint density at radius 2 is 2.13 bits per heavy atom. The van der Waals surface area contributed by atoms with Gasteiger partial charge in [-0.25, -0.2) is 13.2 Å². The number of hydrogen-bond acceptors (Lipinski definition) is 6. The molecule has 0 saturated carbocycles. The topological polar surface area (TPSA) is 104 Å². The summed E-state index contributed by atoms with van der Waals surface area (Å²) in [5, 5.41) is 8.92. The molecule has 0 aliphatic rings. The molecule has 0 fully saturated rings. The summed E-state index contributed by atoms with van der Waals surface area (Å²) in [6.07, 6.45) is 1.06. The van der Waals surface area contributed by atoms with Gasteiger partial charge in [0.25, 0.3) is 0 Å². The van der Waals surface area contributed by atoms with E-state index in [-0.39, 0.29) is 18.9 Å². The van der Waals surface area contributed by atoms with E-state index in [0.717, 1.165) is 6.08 Å². The molecular formula is C7H11LiO6S. The number of rotatable bonds is 5. The van der Waals surface area contributed by atoms with Gasteiger partial charge in [-0.2, -0.15) is 0 Å². The van der Waals surface area contributed by atoms with Crippen molar-refractivity contribution < 1.29 is 46.5 Å². The first-order valence-electron chi connectivity index (χ1n) is 3.76. The van der Waals surface area contributed by atoms with Crippen LogP contribution in [-0.4, -0.2) is 42.5 Å². The minimum Gasteiger partial charge on any atom is -0.748 e. The molecule has 0 amide bonds. The van der Waals surface area contributed by atoms with Gasteiger partial charge in [0.2, 0.25) is 0 Å². The Bertz CT molecular complexity index is 309. The van der Waals surface area contributed by atoms with Gasteiger partial charge in [-0.3, -0.25) is 0 Å². The van der Waals surface area contributed by atoms with Crippen LogP contribution in [0.2, 0.25) is 0 Å². The third-order valence-electron chi connectivity index (χ3n) is 1.12. The van der Waals surface area contributed by atoms with Crippen molar-refractivity contribution in [2.24, 2.45) is 0 Å². The van der Waals surface area contributed by atoms with Crippen LogP contribution in [0.1, 0.15) is 6.92 Å². The van der Waals surface area contributed by atoms with Gasteiger partial charge < -0.3 is 14.4 Å². The first-order chi connectivity index (χ1) is 6.35. The van der Waals surface area contributed by atoms with E-state index in [9.17, 15) is 17.8 Å². The van der Waals surface area contributed by atoms with Gasteiger partial charge in [-0.1, -0.05) is 6.08 Å². The largest absolute Gasteiger partial charge is 1.00 e. The maximum atomic E-state index is 10.7. The van der Waals surface area contributed by atoms with Gasteiger partial charge in [0.1, 0.15) is 12.7 Å². The molecule has 15 heavy (non-hydrogen) atoms. The number of esters is 1. The normalized spacial score (nSPS) is 13.3. The number of allylic oxidation sites excluding steroid dienone is 1. The zero-order chi connectivity index (χ0) is 11.2. The Kier molecular flexibility index (Phi) is 9.00. The summed E-state index contributed by atoms with van der Waals surface area (Å²) in [6, 6.07) is 0. The molecule has 0 aliphatic carbocycles. The molecule has 0 bridgehead atoms. The zero-order valence-corrected chi connectivity index (χ0v) is 9.36. The van der Waals surface area contributed by atoms with Crippen molar-refractivity contribution in [3.63, 3.8) is 0 Å². The van der Waals surface area contributed by atoms with Crippen molar-refractivity contribution >= 4 is 16.1 Å². The first-order valence-corrected chi connectivity index (χ1v) is 5.34. The Morgan fingerprint density at radius 3 is 2.53 bits per heavy atom. The molecule has 6 nitrogen and oxygen atoms in total. The molecule has 0 aromatic rings. The van der Waals surface area contributed by atoms with Gasteiger partial charge in [-0.05, 0) is 6.92 Å². The summed E-state index contributed by atoms with van der Waals surface area (Å²) in [4.78, 5) is 10.7. The van der Waals surface area contributed by atoms with Crippen LogP contribution in [0.15, 0.2) is 12.2 Å². The van der Waals surface area contributed by atoms with Gasteiger partial charge in [0.15, 0.2) is 0 Å². The summed E-state index contributed by atoms with van der Waals surface area (Å²) >= 11 is 0. The zero-order valence-electron chi connectivity index (χ0n) is 8.54. The second-order valence-corrected chi connectivity index (χ2v) is 3.96. The van der Waals surface area contributed by atoms with Crippen molar-refractivity contribution in [1.82, 2.24) is 0 Å². The summed E-state index contributed by atoms with van der Waals surface area (Å²) in [6.45, 7) is 1.09. The Balaban J connectivity index is 0. The minimum atomic E-state index is -4.49. The number of carbonyl (C=O) groups is 1. The van der Waals surface area contributed by atoms with Gasteiger partial charge >= 0.3 is 24.8 Å². The standard InChI is InChI=1S/C7H12O6S.Li/c1-2-3-7(9)13-4-6(8)5-14(10,11)12;/h2-3,6,8H,4-5H2,1H3,(H,10,11,12);/q;+1/p-1. The van der Waals surface area contributed by atoms with Crippen molar-refractivity contribution in [2.45, 2.75) is 13.0 Å². The molecule has 0 rings (SSSR count). The molecular weight excluding hydrogens is 219 g/mol. The van der Waals surface area contributed by atoms with Crippen LogP contribution >= 0.6 is 0 Å². The van der Waals surface area contributed by atoms with Crippen LogP contribution in [0.4, 0.5) is 0 Å². The molecule has 0 aliphatic heterocycles. The van der Waals surface area contributed by atoms with E-state index in [1.54, 1.807) is 6.92 Å². The molecule has 8 heteroatoms. The smallest absolute Gasteiger partial charge is 0.748 e. The number of aliphatic hydroxyl groups is 1. The molecule has 1 atom stereocenters. The SMILES string of the molecule is CC=CC(=O)OCC(O)CS(=O)(=O)[O-].[Li+]. The minimum absolute atomic E-state index is 0. The third kappa shape index (κ3) is 11.6.